The molecule has 1 aliphatic rings. The Balaban J connectivity index is 1.90. The second-order valence-corrected chi connectivity index (χ2v) is 6.13. The molecule has 1 aromatic carbocycles. The van der Waals surface area contributed by atoms with Crippen LogP contribution < -0.4 is 5.32 Å². The number of nitrogens with one attached hydrogen (secondary N) is 1. The van der Waals surface area contributed by atoms with Crippen LogP contribution in [-0.2, 0) is 4.79 Å². The van der Waals surface area contributed by atoms with E-state index in [1.807, 2.05) is 25.1 Å². The highest BCUT2D eigenvalue weighted by molar-refractivity contribution is 9.10. The van der Waals surface area contributed by atoms with Crippen molar-refractivity contribution in [3.05, 3.63) is 28.2 Å². The normalized spacial score (nSPS) is 16.6. The van der Waals surface area contributed by atoms with Gasteiger partial charge in [0, 0.05) is 16.6 Å². The van der Waals surface area contributed by atoms with Crippen molar-refractivity contribution in [3.8, 4) is 0 Å². The maximum atomic E-state index is 12.0. The summed E-state index contributed by atoms with van der Waals surface area (Å²) in [6.07, 6.45) is 7.02. The second-order valence-electron chi connectivity index (χ2n) is 5.22. The summed E-state index contributed by atoms with van der Waals surface area (Å²) in [4.78, 5) is 12.0. The SMILES string of the molecule is Cc1cc(Br)ccc1NC(=O)CC1CCCCC1. The molecule has 1 saturated carbocycles. The molecule has 1 amide bonds. The monoisotopic (exact) mass is 309 g/mol. The van der Waals surface area contributed by atoms with E-state index in [0.29, 0.717) is 12.3 Å². The molecular weight excluding hydrogens is 290 g/mol. The molecule has 0 radical (unpaired) electrons. The molecule has 0 saturated heterocycles. The lowest BCUT2D eigenvalue weighted by molar-refractivity contribution is -0.117. The van der Waals surface area contributed by atoms with Crippen molar-refractivity contribution >= 4 is 27.5 Å². The largest absolute Gasteiger partial charge is 0.326 e. The van der Waals surface area contributed by atoms with Gasteiger partial charge < -0.3 is 5.32 Å². The lowest BCUT2D eigenvalue weighted by Gasteiger charge is -2.21. The van der Waals surface area contributed by atoms with Crippen molar-refractivity contribution in [2.75, 3.05) is 5.32 Å². The Morgan fingerprint density at radius 2 is 2.06 bits per heavy atom. The first-order valence-electron chi connectivity index (χ1n) is 6.71. The predicted octanol–water partition coefficient (Wildman–Crippen LogP) is 4.67. The first-order chi connectivity index (χ1) is 8.65. The van der Waals surface area contributed by atoms with Gasteiger partial charge in [0.05, 0.1) is 0 Å². The third kappa shape index (κ3) is 3.84. The van der Waals surface area contributed by atoms with E-state index in [-0.39, 0.29) is 5.91 Å². The topological polar surface area (TPSA) is 29.1 Å². The zero-order valence-electron chi connectivity index (χ0n) is 10.8. The van der Waals surface area contributed by atoms with Crippen molar-refractivity contribution in [2.45, 2.75) is 45.4 Å². The number of aryl methyl sites for hydroxylation is 1. The maximum absolute atomic E-state index is 12.0. The van der Waals surface area contributed by atoms with E-state index in [2.05, 4.69) is 21.2 Å². The number of rotatable bonds is 3. The van der Waals surface area contributed by atoms with Crippen molar-refractivity contribution in [3.63, 3.8) is 0 Å². The van der Waals surface area contributed by atoms with Crippen LogP contribution in [0, 0.1) is 12.8 Å². The van der Waals surface area contributed by atoms with E-state index in [9.17, 15) is 4.79 Å². The van der Waals surface area contributed by atoms with Crippen LogP contribution in [0.15, 0.2) is 22.7 Å². The summed E-state index contributed by atoms with van der Waals surface area (Å²) in [6.45, 7) is 2.01. The van der Waals surface area contributed by atoms with Gasteiger partial charge in [0.25, 0.3) is 0 Å². The van der Waals surface area contributed by atoms with Crippen LogP contribution in [0.2, 0.25) is 0 Å². The summed E-state index contributed by atoms with van der Waals surface area (Å²) in [5.74, 6) is 0.752. The fourth-order valence-electron chi connectivity index (χ4n) is 2.62. The average Bonchev–Trinajstić information content (AvgIpc) is 2.34. The van der Waals surface area contributed by atoms with Gasteiger partial charge in [-0.3, -0.25) is 4.79 Å². The molecule has 1 fully saturated rings. The predicted molar refractivity (Wildman–Crippen MR) is 78.7 cm³/mol. The lowest BCUT2D eigenvalue weighted by atomic mass is 9.87. The van der Waals surface area contributed by atoms with Gasteiger partial charge in [-0.2, -0.15) is 0 Å². The molecule has 3 heteroatoms. The molecule has 2 nitrogen and oxygen atoms in total. The van der Waals surface area contributed by atoms with Crippen LogP contribution in [0.5, 0.6) is 0 Å². The minimum absolute atomic E-state index is 0.160. The Labute approximate surface area is 117 Å². The van der Waals surface area contributed by atoms with Crippen LogP contribution in [0.25, 0.3) is 0 Å². The summed E-state index contributed by atoms with van der Waals surface area (Å²) in [7, 11) is 0. The van der Waals surface area contributed by atoms with E-state index in [4.69, 9.17) is 0 Å². The van der Waals surface area contributed by atoms with Gasteiger partial charge in [-0.1, -0.05) is 35.2 Å². The lowest BCUT2D eigenvalue weighted by Crippen LogP contribution is -2.18. The molecule has 1 aromatic rings. The number of halogens is 1. The molecule has 0 aliphatic heterocycles. The Morgan fingerprint density at radius 1 is 1.33 bits per heavy atom. The molecule has 1 aliphatic carbocycles. The van der Waals surface area contributed by atoms with Gasteiger partial charge in [0.15, 0.2) is 0 Å². The first kappa shape index (κ1) is 13.6. The summed E-state index contributed by atoms with van der Waals surface area (Å²) in [5.41, 5.74) is 2.03. The van der Waals surface area contributed by atoms with E-state index in [1.54, 1.807) is 0 Å². The molecule has 18 heavy (non-hydrogen) atoms. The molecule has 0 atom stereocenters. The van der Waals surface area contributed by atoms with E-state index in [1.165, 1.54) is 32.1 Å². The van der Waals surface area contributed by atoms with Crippen molar-refractivity contribution in [1.82, 2.24) is 0 Å². The van der Waals surface area contributed by atoms with Gasteiger partial charge in [0.1, 0.15) is 0 Å². The molecule has 0 aromatic heterocycles. The fourth-order valence-corrected chi connectivity index (χ4v) is 3.10. The Hall–Kier alpha value is -0.830. The number of benzene rings is 1. The summed E-state index contributed by atoms with van der Waals surface area (Å²) in [5, 5.41) is 3.02. The van der Waals surface area contributed by atoms with Crippen molar-refractivity contribution in [1.29, 1.82) is 0 Å². The molecule has 0 spiro atoms. The number of anilines is 1. The molecule has 0 bridgehead atoms. The molecule has 1 N–H and O–H groups in total. The van der Waals surface area contributed by atoms with Crippen molar-refractivity contribution in [2.24, 2.45) is 5.92 Å². The van der Waals surface area contributed by atoms with Gasteiger partial charge in [-0.05, 0) is 49.4 Å². The van der Waals surface area contributed by atoms with Gasteiger partial charge in [-0.15, -0.1) is 0 Å². The molecule has 0 unspecified atom stereocenters. The third-order valence-electron chi connectivity index (χ3n) is 3.66. The summed E-state index contributed by atoms with van der Waals surface area (Å²) < 4.78 is 1.05. The average molecular weight is 310 g/mol. The standard InChI is InChI=1S/C15H20BrNO/c1-11-9-13(16)7-8-14(11)17-15(18)10-12-5-3-2-4-6-12/h7-9,12H,2-6,10H2,1H3,(H,17,18). The number of carbonyl (C=O) groups is 1. The van der Waals surface area contributed by atoms with Crippen molar-refractivity contribution < 1.29 is 4.79 Å². The van der Waals surface area contributed by atoms with Crippen LogP contribution in [0.3, 0.4) is 0 Å². The maximum Gasteiger partial charge on any atom is 0.224 e. The highest BCUT2D eigenvalue weighted by atomic mass is 79.9. The highest BCUT2D eigenvalue weighted by Gasteiger charge is 2.17. The Kier molecular flexibility index (Phi) is 4.81. The number of hydrogen-bond donors (Lipinski definition) is 1. The van der Waals surface area contributed by atoms with E-state index in [0.717, 1.165) is 15.7 Å². The third-order valence-corrected chi connectivity index (χ3v) is 4.15. The second kappa shape index (κ2) is 6.37. The van der Waals surface area contributed by atoms with Gasteiger partial charge in [-0.25, -0.2) is 0 Å². The van der Waals surface area contributed by atoms with Crippen LogP contribution >= 0.6 is 15.9 Å². The summed E-state index contributed by atoms with van der Waals surface area (Å²) in [6, 6.07) is 5.94. The summed E-state index contributed by atoms with van der Waals surface area (Å²) >= 11 is 3.43. The van der Waals surface area contributed by atoms with E-state index < -0.39 is 0 Å². The highest BCUT2D eigenvalue weighted by Crippen LogP contribution is 2.27. The van der Waals surface area contributed by atoms with Crippen LogP contribution in [0.4, 0.5) is 5.69 Å². The Bertz CT molecular complexity index is 425. The smallest absolute Gasteiger partial charge is 0.224 e. The van der Waals surface area contributed by atoms with Gasteiger partial charge in [0.2, 0.25) is 5.91 Å². The van der Waals surface area contributed by atoms with Gasteiger partial charge >= 0.3 is 0 Å². The molecule has 2 rings (SSSR count). The zero-order chi connectivity index (χ0) is 13.0. The quantitative estimate of drug-likeness (QED) is 0.864. The Morgan fingerprint density at radius 3 is 2.72 bits per heavy atom. The number of amides is 1. The fraction of sp³-hybridized carbons (Fsp3) is 0.533. The number of hydrogen-bond acceptors (Lipinski definition) is 1. The zero-order valence-corrected chi connectivity index (χ0v) is 12.4. The van der Waals surface area contributed by atoms with Crippen LogP contribution in [0.1, 0.15) is 44.1 Å². The minimum Gasteiger partial charge on any atom is -0.326 e. The first-order valence-corrected chi connectivity index (χ1v) is 7.50. The van der Waals surface area contributed by atoms with E-state index >= 15 is 0 Å². The minimum atomic E-state index is 0.160. The molecule has 98 valence electrons. The number of carbonyl (C=O) groups excluding carboxylic acids is 1. The molecule has 0 heterocycles. The van der Waals surface area contributed by atoms with Crippen LogP contribution in [-0.4, -0.2) is 5.91 Å². The molecular formula is C15H20BrNO.